The van der Waals surface area contributed by atoms with Crippen molar-refractivity contribution in [3.8, 4) is 5.18 Å². The van der Waals surface area contributed by atoms with Crippen LogP contribution < -0.4 is 4.89 Å². The summed E-state index contributed by atoms with van der Waals surface area (Å²) in [7, 11) is -0.290. The van der Waals surface area contributed by atoms with Gasteiger partial charge >= 0.3 is 0 Å². The average molecular weight is 244 g/mol. The molecule has 1 aliphatic rings. The summed E-state index contributed by atoms with van der Waals surface area (Å²) in [6, 6.07) is 0. The molecule has 3 atom stereocenters. The Balaban J connectivity index is 2.86. The zero-order valence-corrected chi connectivity index (χ0v) is 12.0. The summed E-state index contributed by atoms with van der Waals surface area (Å²) in [5.41, 5.74) is 0.262. The summed E-state index contributed by atoms with van der Waals surface area (Å²) in [6.45, 7) is 9.14. The van der Waals surface area contributed by atoms with Crippen molar-refractivity contribution in [2.45, 2.75) is 47.0 Å². The summed E-state index contributed by atoms with van der Waals surface area (Å²) >= 11 is 0. The van der Waals surface area contributed by atoms with E-state index < -0.39 is 0 Å². The van der Waals surface area contributed by atoms with Crippen molar-refractivity contribution in [3.05, 3.63) is 0 Å². The van der Waals surface area contributed by atoms with Crippen molar-refractivity contribution in [1.29, 1.82) is 0 Å². The van der Waals surface area contributed by atoms with Gasteiger partial charge < -0.3 is 15.7 Å². The quantitative estimate of drug-likeness (QED) is 0.588. The van der Waals surface area contributed by atoms with Crippen molar-refractivity contribution in [1.82, 2.24) is 4.89 Å². The highest BCUT2D eigenvalue weighted by Crippen LogP contribution is 2.63. The van der Waals surface area contributed by atoms with Gasteiger partial charge in [-0.1, -0.05) is 34.1 Å². The van der Waals surface area contributed by atoms with Crippen LogP contribution in [0, 0.1) is 28.4 Å². The van der Waals surface area contributed by atoms with Crippen LogP contribution in [0.25, 0.3) is 0 Å². The topological polar surface area (TPSA) is 32.3 Å². The Morgan fingerprint density at radius 1 is 1.50 bits per heavy atom. The molecule has 0 aromatic carbocycles. The highest BCUT2D eigenvalue weighted by Gasteiger charge is 2.57. The Kier molecular flexibility index (Phi) is 4.93. The first-order valence-corrected chi connectivity index (χ1v) is 7.94. The summed E-state index contributed by atoms with van der Waals surface area (Å²) < 4.78 is 0. The summed E-state index contributed by atoms with van der Waals surface area (Å²) in [4.78, 5) is 2.33. The third-order valence-electron chi connectivity index (χ3n) is 3.79. The molecule has 16 heavy (non-hydrogen) atoms. The van der Waals surface area contributed by atoms with Gasteiger partial charge in [-0.3, -0.25) is 10.1 Å². The molecular formula is C13H26NOS-. The van der Waals surface area contributed by atoms with Crippen LogP contribution in [0.4, 0.5) is 0 Å². The predicted octanol–water partition coefficient (Wildman–Crippen LogP) is 3.19. The molecule has 0 heterocycles. The fourth-order valence-electron chi connectivity index (χ4n) is 3.08. The van der Waals surface area contributed by atoms with Crippen molar-refractivity contribution >= 4 is 10.5 Å². The van der Waals surface area contributed by atoms with Crippen LogP contribution in [0.1, 0.15) is 47.0 Å². The summed E-state index contributed by atoms with van der Waals surface area (Å²) in [6.07, 6.45) is 5.75. The van der Waals surface area contributed by atoms with E-state index in [9.17, 15) is 0 Å². The van der Waals surface area contributed by atoms with Crippen LogP contribution in [0.15, 0.2) is 0 Å². The molecular weight excluding hydrogens is 218 g/mol. The van der Waals surface area contributed by atoms with Gasteiger partial charge in [0.15, 0.2) is 0 Å². The molecule has 2 N–H and O–H groups in total. The molecule has 0 spiro atoms. The Morgan fingerprint density at radius 3 is 2.56 bits per heavy atom. The molecule has 0 aromatic heterocycles. The van der Waals surface area contributed by atoms with Crippen molar-refractivity contribution in [2.75, 3.05) is 6.26 Å². The maximum Gasteiger partial charge on any atom is 0.00482 e. The minimum Gasteiger partial charge on any atom is -0.369 e. The molecule has 0 radical (unpaired) electrons. The molecule has 96 valence electrons. The molecule has 1 aliphatic carbocycles. The first-order valence-electron chi connectivity index (χ1n) is 6.31. The van der Waals surface area contributed by atoms with Crippen molar-refractivity contribution in [2.24, 2.45) is 23.2 Å². The average Bonchev–Trinajstić information content (AvgIpc) is 2.71. The maximum atomic E-state index is 8.96. The molecule has 0 amide bonds. The van der Waals surface area contributed by atoms with Crippen LogP contribution in [0.5, 0.6) is 0 Å². The molecule has 1 fully saturated rings. The lowest BCUT2D eigenvalue weighted by Gasteiger charge is -2.21. The van der Waals surface area contributed by atoms with Crippen LogP contribution >= 0.6 is 0 Å². The minimum absolute atomic E-state index is 0.262. The van der Waals surface area contributed by atoms with Crippen LogP contribution in [-0.2, 0) is 10.5 Å². The molecule has 3 heteroatoms. The van der Waals surface area contributed by atoms with Crippen LogP contribution in [0.3, 0.4) is 0 Å². The smallest absolute Gasteiger partial charge is 0.00482 e. The van der Waals surface area contributed by atoms with Crippen LogP contribution in [-0.4, -0.2) is 11.5 Å². The largest absolute Gasteiger partial charge is 0.369 e. The second-order valence-electron chi connectivity index (χ2n) is 5.53. The standard InChI is InChI=1S/C13H26NOS/c1-6-7-12-11(4)13(12,8-10(2)3)9-16(5)14-15/h10-12,14-15H,6-8H2,1-5H3/q-1. The molecule has 2 nitrogen and oxygen atoms in total. The minimum atomic E-state index is -0.290. The Morgan fingerprint density at radius 2 is 2.12 bits per heavy atom. The van der Waals surface area contributed by atoms with Gasteiger partial charge in [0.1, 0.15) is 0 Å². The molecule has 3 unspecified atom stereocenters. The SMILES string of the molecule is CCCC1C(C)C1(C#[S-](C)NO)CC(C)C. The van der Waals surface area contributed by atoms with Gasteiger partial charge in [-0.2, -0.15) is 0 Å². The highest BCUT2D eigenvalue weighted by atomic mass is 32.2. The van der Waals surface area contributed by atoms with Gasteiger partial charge in [0.2, 0.25) is 0 Å². The van der Waals surface area contributed by atoms with Crippen molar-refractivity contribution in [3.63, 3.8) is 0 Å². The molecule has 0 bridgehead atoms. The number of hydrogen-bond donors (Lipinski definition) is 2. The number of nitrogens with one attached hydrogen (secondary N) is 1. The lowest BCUT2D eigenvalue weighted by molar-refractivity contribution is 0.257. The van der Waals surface area contributed by atoms with Gasteiger partial charge in [0.25, 0.3) is 0 Å². The maximum absolute atomic E-state index is 8.96. The molecule has 0 aliphatic heterocycles. The van der Waals surface area contributed by atoms with Gasteiger partial charge in [-0.05, 0) is 30.6 Å². The van der Waals surface area contributed by atoms with E-state index in [1.54, 1.807) is 0 Å². The molecule has 1 saturated carbocycles. The normalized spacial score (nSPS) is 33.2. The molecule has 0 aromatic rings. The molecule has 1 rings (SSSR count). The lowest BCUT2D eigenvalue weighted by Crippen LogP contribution is -2.13. The predicted molar refractivity (Wildman–Crippen MR) is 71.5 cm³/mol. The van der Waals surface area contributed by atoms with Crippen molar-refractivity contribution < 1.29 is 5.21 Å². The lowest BCUT2D eigenvalue weighted by atomic mass is 9.91. The van der Waals surface area contributed by atoms with E-state index >= 15 is 0 Å². The van der Waals surface area contributed by atoms with E-state index in [1.165, 1.54) is 19.3 Å². The van der Waals surface area contributed by atoms with E-state index in [4.69, 9.17) is 5.21 Å². The van der Waals surface area contributed by atoms with Gasteiger partial charge in [-0.25, -0.2) is 0 Å². The fraction of sp³-hybridized carbons (Fsp3) is 0.923. The summed E-state index contributed by atoms with van der Waals surface area (Å²) in [5.74, 6) is 2.22. The van der Waals surface area contributed by atoms with E-state index in [-0.39, 0.29) is 15.9 Å². The Bertz CT molecular complexity index is 315. The van der Waals surface area contributed by atoms with E-state index in [0.717, 1.165) is 11.8 Å². The third kappa shape index (κ3) is 2.84. The van der Waals surface area contributed by atoms with Gasteiger partial charge in [0.05, 0.1) is 0 Å². The number of rotatable bonds is 4. The zero-order valence-electron chi connectivity index (χ0n) is 11.2. The highest BCUT2D eigenvalue weighted by molar-refractivity contribution is 7.83. The summed E-state index contributed by atoms with van der Waals surface area (Å²) in [5, 5.41) is 12.6. The second-order valence-corrected chi connectivity index (χ2v) is 6.93. The second kappa shape index (κ2) is 5.59. The monoisotopic (exact) mass is 244 g/mol. The van der Waals surface area contributed by atoms with Gasteiger partial charge in [0, 0.05) is 5.41 Å². The number of hydrogen-bond acceptors (Lipinski definition) is 3. The third-order valence-corrected chi connectivity index (χ3v) is 4.75. The first-order chi connectivity index (χ1) is 7.47. The van der Waals surface area contributed by atoms with E-state index in [1.807, 2.05) is 6.26 Å². The Labute approximate surface area is 102 Å². The van der Waals surface area contributed by atoms with E-state index in [2.05, 4.69) is 37.8 Å². The Hall–Kier alpha value is 0.0500. The van der Waals surface area contributed by atoms with E-state index in [0.29, 0.717) is 5.92 Å². The van der Waals surface area contributed by atoms with Gasteiger partial charge in [-0.15, -0.1) is 6.26 Å². The first kappa shape index (κ1) is 14.1. The molecule has 0 saturated heterocycles. The fourth-order valence-corrected chi connectivity index (χ4v) is 4.11. The van der Waals surface area contributed by atoms with Crippen LogP contribution in [0.2, 0.25) is 0 Å². The zero-order chi connectivity index (χ0) is 12.3.